The van der Waals surface area contributed by atoms with E-state index in [-0.39, 0.29) is 12.4 Å². The normalized spacial score (nSPS) is 10.8. The maximum absolute atomic E-state index is 13.8. The summed E-state index contributed by atoms with van der Waals surface area (Å²) >= 11 is 5.83. The number of nitrogens with one attached hydrogen (secondary N) is 1. The Labute approximate surface area is 129 Å². The van der Waals surface area contributed by atoms with Crippen LogP contribution in [-0.2, 0) is 24.5 Å². The van der Waals surface area contributed by atoms with Crippen LogP contribution >= 0.6 is 11.6 Å². The molecule has 4 heteroatoms. The molecule has 0 atom stereocenters. The van der Waals surface area contributed by atoms with Crippen molar-refractivity contribution in [3.05, 3.63) is 70.0 Å². The highest BCUT2D eigenvalue weighted by atomic mass is 35.5. The Bertz CT molecular complexity index is 572. The zero-order valence-corrected chi connectivity index (χ0v) is 12.8. The molecule has 0 heterocycles. The van der Waals surface area contributed by atoms with Gasteiger partial charge in [-0.05, 0) is 41.9 Å². The first-order valence-corrected chi connectivity index (χ1v) is 7.37. The van der Waals surface area contributed by atoms with Crippen molar-refractivity contribution in [1.82, 2.24) is 5.32 Å². The number of rotatable bonds is 7. The molecule has 0 bridgehead atoms. The summed E-state index contributed by atoms with van der Waals surface area (Å²) in [5.41, 5.74) is 2.66. The van der Waals surface area contributed by atoms with Crippen LogP contribution < -0.4 is 5.32 Å². The maximum atomic E-state index is 13.8. The van der Waals surface area contributed by atoms with Crippen molar-refractivity contribution in [2.75, 3.05) is 6.54 Å². The van der Waals surface area contributed by atoms with E-state index in [0.29, 0.717) is 17.2 Å². The molecule has 0 saturated heterocycles. The SMILES string of the molecule is CCNCc1ccc(F)c(COCc2ccc(Cl)cc2)c1. The molecule has 0 amide bonds. The number of hydrogen-bond acceptors (Lipinski definition) is 2. The number of hydrogen-bond donors (Lipinski definition) is 1. The fourth-order valence-electron chi connectivity index (χ4n) is 1.98. The number of halogens is 2. The second-order valence-electron chi connectivity index (χ2n) is 4.83. The highest BCUT2D eigenvalue weighted by Gasteiger charge is 2.04. The summed E-state index contributed by atoms with van der Waals surface area (Å²) < 4.78 is 19.3. The lowest BCUT2D eigenvalue weighted by atomic mass is 10.1. The van der Waals surface area contributed by atoms with Gasteiger partial charge < -0.3 is 10.1 Å². The third kappa shape index (κ3) is 5.12. The van der Waals surface area contributed by atoms with E-state index >= 15 is 0 Å². The van der Waals surface area contributed by atoms with Crippen molar-refractivity contribution in [2.24, 2.45) is 0 Å². The van der Waals surface area contributed by atoms with E-state index < -0.39 is 0 Å². The molecule has 0 unspecified atom stereocenters. The van der Waals surface area contributed by atoms with Crippen molar-refractivity contribution in [2.45, 2.75) is 26.7 Å². The molecule has 0 aliphatic rings. The molecule has 2 rings (SSSR count). The van der Waals surface area contributed by atoms with Crippen molar-refractivity contribution in [3.8, 4) is 0 Å². The van der Waals surface area contributed by atoms with Crippen LogP contribution in [0.2, 0.25) is 5.02 Å². The zero-order valence-electron chi connectivity index (χ0n) is 12.0. The van der Waals surface area contributed by atoms with E-state index in [1.807, 2.05) is 37.3 Å². The Morgan fingerprint density at radius 3 is 2.48 bits per heavy atom. The van der Waals surface area contributed by atoms with Crippen LogP contribution in [0.15, 0.2) is 42.5 Å². The van der Waals surface area contributed by atoms with E-state index in [0.717, 1.165) is 24.2 Å². The van der Waals surface area contributed by atoms with Gasteiger partial charge in [0.25, 0.3) is 0 Å². The summed E-state index contributed by atoms with van der Waals surface area (Å²) in [4.78, 5) is 0. The highest BCUT2D eigenvalue weighted by molar-refractivity contribution is 6.30. The van der Waals surface area contributed by atoms with Crippen molar-refractivity contribution < 1.29 is 9.13 Å². The predicted octanol–water partition coefficient (Wildman–Crippen LogP) is 4.31. The molecule has 112 valence electrons. The minimum Gasteiger partial charge on any atom is -0.372 e. The standard InChI is InChI=1S/C17H19ClFNO/c1-2-20-10-14-5-8-17(19)15(9-14)12-21-11-13-3-6-16(18)7-4-13/h3-9,20H,2,10-12H2,1H3. The molecular weight excluding hydrogens is 289 g/mol. The van der Waals surface area contributed by atoms with E-state index in [2.05, 4.69) is 5.32 Å². The van der Waals surface area contributed by atoms with Crippen LogP contribution in [0.3, 0.4) is 0 Å². The first kappa shape index (κ1) is 16.0. The van der Waals surface area contributed by atoms with Gasteiger partial charge in [0.2, 0.25) is 0 Å². The van der Waals surface area contributed by atoms with E-state index in [1.165, 1.54) is 6.07 Å². The first-order valence-electron chi connectivity index (χ1n) is 6.99. The van der Waals surface area contributed by atoms with Gasteiger partial charge in [0.05, 0.1) is 13.2 Å². The van der Waals surface area contributed by atoms with Gasteiger partial charge >= 0.3 is 0 Å². The van der Waals surface area contributed by atoms with Gasteiger partial charge in [-0.25, -0.2) is 4.39 Å². The molecule has 21 heavy (non-hydrogen) atoms. The molecule has 0 aliphatic carbocycles. The Balaban J connectivity index is 1.91. The average molecular weight is 308 g/mol. The predicted molar refractivity (Wildman–Crippen MR) is 83.7 cm³/mol. The summed E-state index contributed by atoms with van der Waals surface area (Å²) in [6, 6.07) is 12.6. The lowest BCUT2D eigenvalue weighted by Gasteiger charge is -2.09. The Kier molecular flexibility index (Phi) is 6.18. The minimum absolute atomic E-state index is 0.230. The van der Waals surface area contributed by atoms with Crippen LogP contribution in [0.1, 0.15) is 23.6 Å². The molecule has 0 spiro atoms. The molecule has 2 nitrogen and oxygen atoms in total. The summed E-state index contributed by atoms with van der Waals surface area (Å²) in [5, 5.41) is 3.92. The van der Waals surface area contributed by atoms with Crippen molar-refractivity contribution >= 4 is 11.6 Å². The molecule has 2 aromatic rings. The zero-order chi connectivity index (χ0) is 15.1. The molecular formula is C17H19ClFNO. The summed E-state index contributed by atoms with van der Waals surface area (Å²) in [6.45, 7) is 4.36. The Morgan fingerprint density at radius 2 is 1.76 bits per heavy atom. The molecule has 0 aromatic heterocycles. The largest absolute Gasteiger partial charge is 0.372 e. The van der Waals surface area contributed by atoms with E-state index in [9.17, 15) is 4.39 Å². The van der Waals surface area contributed by atoms with Gasteiger partial charge in [-0.2, -0.15) is 0 Å². The van der Waals surface area contributed by atoms with Gasteiger partial charge in [0.15, 0.2) is 0 Å². The molecule has 1 N–H and O–H groups in total. The summed E-state index contributed by atoms with van der Waals surface area (Å²) in [7, 11) is 0. The molecule has 0 aliphatic heterocycles. The summed E-state index contributed by atoms with van der Waals surface area (Å²) in [6.07, 6.45) is 0. The first-order chi connectivity index (χ1) is 10.2. The smallest absolute Gasteiger partial charge is 0.128 e. The monoisotopic (exact) mass is 307 g/mol. The van der Waals surface area contributed by atoms with Crippen LogP contribution in [0.5, 0.6) is 0 Å². The summed E-state index contributed by atoms with van der Waals surface area (Å²) in [5.74, 6) is -0.230. The number of ether oxygens (including phenoxy) is 1. The third-order valence-corrected chi connectivity index (χ3v) is 3.38. The molecule has 0 saturated carbocycles. The van der Waals surface area contributed by atoms with E-state index in [1.54, 1.807) is 6.07 Å². The number of benzene rings is 2. The van der Waals surface area contributed by atoms with Crippen LogP contribution in [0.25, 0.3) is 0 Å². The van der Waals surface area contributed by atoms with E-state index in [4.69, 9.17) is 16.3 Å². The maximum Gasteiger partial charge on any atom is 0.128 e. The quantitative estimate of drug-likeness (QED) is 0.823. The van der Waals surface area contributed by atoms with Gasteiger partial charge in [-0.1, -0.05) is 36.7 Å². The second-order valence-corrected chi connectivity index (χ2v) is 5.26. The average Bonchev–Trinajstić information content (AvgIpc) is 2.50. The van der Waals surface area contributed by atoms with Crippen LogP contribution in [0, 0.1) is 5.82 Å². The topological polar surface area (TPSA) is 21.3 Å². The molecule has 0 fully saturated rings. The van der Waals surface area contributed by atoms with Crippen molar-refractivity contribution in [3.63, 3.8) is 0 Å². The molecule has 2 aromatic carbocycles. The van der Waals surface area contributed by atoms with Gasteiger partial charge in [-0.15, -0.1) is 0 Å². The fraction of sp³-hybridized carbons (Fsp3) is 0.294. The Morgan fingerprint density at radius 1 is 1.05 bits per heavy atom. The lowest BCUT2D eigenvalue weighted by molar-refractivity contribution is 0.105. The lowest BCUT2D eigenvalue weighted by Crippen LogP contribution is -2.12. The molecule has 0 radical (unpaired) electrons. The highest BCUT2D eigenvalue weighted by Crippen LogP contribution is 2.14. The minimum atomic E-state index is -0.230. The van der Waals surface area contributed by atoms with Crippen LogP contribution in [0.4, 0.5) is 4.39 Å². The van der Waals surface area contributed by atoms with Crippen LogP contribution in [-0.4, -0.2) is 6.54 Å². The van der Waals surface area contributed by atoms with Gasteiger partial charge in [-0.3, -0.25) is 0 Å². The second kappa shape index (κ2) is 8.13. The third-order valence-electron chi connectivity index (χ3n) is 3.13. The van der Waals surface area contributed by atoms with Crippen molar-refractivity contribution in [1.29, 1.82) is 0 Å². The van der Waals surface area contributed by atoms with Gasteiger partial charge in [0.1, 0.15) is 5.82 Å². The fourth-order valence-corrected chi connectivity index (χ4v) is 2.10. The van der Waals surface area contributed by atoms with Gasteiger partial charge in [0, 0.05) is 17.1 Å². The Hall–Kier alpha value is -1.42.